The van der Waals surface area contributed by atoms with Crippen LogP contribution in [0.5, 0.6) is 0 Å². The van der Waals surface area contributed by atoms with Gasteiger partial charge in [-0.2, -0.15) is 0 Å². The molecule has 5 heteroatoms. The number of hydrogen-bond donors (Lipinski definition) is 1. The number of nitrogens with zero attached hydrogens (tertiary/aromatic N) is 1. The summed E-state index contributed by atoms with van der Waals surface area (Å²) in [7, 11) is 1.36. The Morgan fingerprint density at radius 2 is 2.14 bits per heavy atom. The highest BCUT2D eigenvalue weighted by atomic mass is 32.1. The molecule has 0 aliphatic carbocycles. The number of rotatable bonds is 3. The predicted octanol–water partition coefficient (Wildman–Crippen LogP) is 3.52. The third-order valence-corrected chi connectivity index (χ3v) is 4.84. The summed E-state index contributed by atoms with van der Waals surface area (Å²) < 4.78 is 5.94. The Kier molecular flexibility index (Phi) is 3.92. The van der Waals surface area contributed by atoms with Gasteiger partial charge in [-0.1, -0.05) is 0 Å². The zero-order chi connectivity index (χ0) is 15.7. The van der Waals surface area contributed by atoms with Gasteiger partial charge in [0.15, 0.2) is 0 Å². The number of esters is 1. The predicted molar refractivity (Wildman–Crippen MR) is 89.0 cm³/mol. The molecule has 3 aromatic rings. The first-order chi connectivity index (χ1) is 10.6. The molecule has 0 atom stereocenters. The first-order valence-electron chi connectivity index (χ1n) is 6.90. The van der Waals surface area contributed by atoms with E-state index in [9.17, 15) is 4.79 Å². The van der Waals surface area contributed by atoms with Crippen molar-refractivity contribution < 1.29 is 9.53 Å². The van der Waals surface area contributed by atoms with Crippen LogP contribution in [-0.2, 0) is 11.3 Å². The van der Waals surface area contributed by atoms with Gasteiger partial charge >= 0.3 is 5.97 Å². The molecule has 3 rings (SSSR count). The third-order valence-electron chi connectivity index (χ3n) is 3.53. The summed E-state index contributed by atoms with van der Waals surface area (Å²) >= 11 is 1.73. The van der Waals surface area contributed by atoms with E-state index >= 15 is 0 Å². The van der Waals surface area contributed by atoms with Gasteiger partial charge in [-0.25, -0.2) is 4.79 Å². The lowest BCUT2D eigenvalue weighted by molar-refractivity contribution is 0.0600. The maximum absolute atomic E-state index is 11.5. The summed E-state index contributed by atoms with van der Waals surface area (Å²) in [5.41, 5.74) is 9.24. The van der Waals surface area contributed by atoms with Crippen LogP contribution in [0, 0.1) is 6.92 Å². The number of pyridine rings is 1. The van der Waals surface area contributed by atoms with Crippen molar-refractivity contribution in [2.75, 3.05) is 7.11 Å². The summed E-state index contributed by atoms with van der Waals surface area (Å²) in [4.78, 5) is 17.0. The first kappa shape index (κ1) is 14.7. The summed E-state index contributed by atoms with van der Waals surface area (Å²) in [6.45, 7) is 2.64. The minimum absolute atomic E-state index is 0.379. The Morgan fingerprint density at radius 3 is 2.77 bits per heavy atom. The lowest BCUT2D eigenvalue weighted by Gasteiger charge is -2.05. The van der Waals surface area contributed by atoms with Crippen molar-refractivity contribution in [1.82, 2.24) is 4.98 Å². The van der Waals surface area contributed by atoms with Crippen LogP contribution in [-0.4, -0.2) is 18.1 Å². The molecule has 0 aliphatic heterocycles. The van der Waals surface area contributed by atoms with Gasteiger partial charge in [0.25, 0.3) is 0 Å². The van der Waals surface area contributed by atoms with E-state index in [1.807, 2.05) is 6.07 Å². The Bertz CT molecular complexity index is 838. The van der Waals surface area contributed by atoms with Crippen molar-refractivity contribution in [2.24, 2.45) is 5.73 Å². The quantitative estimate of drug-likeness (QED) is 0.752. The summed E-state index contributed by atoms with van der Waals surface area (Å²) in [6.07, 6.45) is 1.54. The number of carbonyl (C=O) groups is 1. The van der Waals surface area contributed by atoms with Gasteiger partial charge in [0, 0.05) is 27.9 Å². The number of benzene rings is 1. The van der Waals surface area contributed by atoms with E-state index in [1.165, 1.54) is 27.6 Å². The number of aryl methyl sites for hydroxylation is 1. The third kappa shape index (κ3) is 2.61. The van der Waals surface area contributed by atoms with Gasteiger partial charge in [-0.05, 0) is 48.2 Å². The van der Waals surface area contributed by atoms with Gasteiger partial charge < -0.3 is 10.5 Å². The summed E-state index contributed by atoms with van der Waals surface area (Å²) in [5.74, 6) is -0.379. The number of nitrogens with two attached hydrogens (primary N) is 1. The Balaban J connectivity index is 2.04. The minimum Gasteiger partial charge on any atom is -0.465 e. The monoisotopic (exact) mass is 312 g/mol. The highest BCUT2D eigenvalue weighted by molar-refractivity contribution is 7.19. The van der Waals surface area contributed by atoms with E-state index in [0.29, 0.717) is 12.1 Å². The lowest BCUT2D eigenvalue weighted by Crippen LogP contribution is -2.01. The molecule has 1 aromatic carbocycles. The largest absolute Gasteiger partial charge is 0.465 e. The van der Waals surface area contributed by atoms with E-state index in [1.54, 1.807) is 23.6 Å². The molecule has 112 valence electrons. The fraction of sp³-hybridized carbons (Fsp3) is 0.176. The van der Waals surface area contributed by atoms with Gasteiger partial charge in [-0.15, -0.1) is 11.3 Å². The topological polar surface area (TPSA) is 65.2 Å². The Labute approximate surface area is 132 Å². The lowest BCUT2D eigenvalue weighted by atomic mass is 10.0. The maximum Gasteiger partial charge on any atom is 0.339 e. The van der Waals surface area contributed by atoms with E-state index in [4.69, 9.17) is 5.73 Å². The number of ether oxygens (including phenoxy) is 1. The molecular weight excluding hydrogens is 296 g/mol. The molecule has 0 aliphatic rings. The molecule has 22 heavy (non-hydrogen) atoms. The van der Waals surface area contributed by atoms with Crippen LogP contribution in [0.15, 0.2) is 36.5 Å². The second kappa shape index (κ2) is 5.87. The molecule has 0 bridgehead atoms. The molecule has 0 amide bonds. The van der Waals surface area contributed by atoms with Crippen LogP contribution in [0.3, 0.4) is 0 Å². The molecule has 2 N–H and O–H groups in total. The fourth-order valence-corrected chi connectivity index (χ4v) is 3.42. The van der Waals surface area contributed by atoms with E-state index < -0.39 is 0 Å². The molecule has 0 fully saturated rings. The number of hydrogen-bond acceptors (Lipinski definition) is 5. The molecule has 0 radical (unpaired) electrons. The van der Waals surface area contributed by atoms with Crippen molar-refractivity contribution in [3.8, 4) is 11.3 Å². The number of thiophene rings is 1. The van der Waals surface area contributed by atoms with Crippen LogP contribution in [0.2, 0.25) is 0 Å². The highest BCUT2D eigenvalue weighted by Gasteiger charge is 2.10. The minimum atomic E-state index is -0.379. The van der Waals surface area contributed by atoms with E-state index in [2.05, 4.69) is 34.8 Å². The van der Waals surface area contributed by atoms with Gasteiger partial charge in [0.05, 0.1) is 18.4 Å². The maximum atomic E-state index is 11.5. The molecule has 0 unspecified atom stereocenters. The fourth-order valence-electron chi connectivity index (χ4n) is 2.43. The van der Waals surface area contributed by atoms with Crippen LogP contribution < -0.4 is 5.73 Å². The molecular formula is C17H16N2O2S. The standard InChI is InChI=1S/C17H16N2O2S/c1-10-5-12(6-13-7-14(8-18)22-16(10)13)15-4-3-11(9-19-15)17(20)21-2/h3-7,9H,8,18H2,1-2H3. The van der Waals surface area contributed by atoms with Crippen LogP contribution >= 0.6 is 11.3 Å². The Hall–Kier alpha value is -2.24. The van der Waals surface area contributed by atoms with E-state index in [-0.39, 0.29) is 5.97 Å². The molecule has 0 saturated heterocycles. The average molecular weight is 312 g/mol. The number of methoxy groups -OCH3 is 1. The van der Waals surface area contributed by atoms with Gasteiger partial charge in [0.1, 0.15) is 0 Å². The van der Waals surface area contributed by atoms with Crippen molar-refractivity contribution in [2.45, 2.75) is 13.5 Å². The van der Waals surface area contributed by atoms with E-state index in [0.717, 1.165) is 11.3 Å². The van der Waals surface area contributed by atoms with Crippen LogP contribution in [0.25, 0.3) is 21.3 Å². The summed E-state index contributed by atoms with van der Waals surface area (Å²) in [6, 6.07) is 9.91. The molecule has 0 saturated carbocycles. The SMILES string of the molecule is COC(=O)c1ccc(-c2cc(C)c3sc(CN)cc3c2)nc1. The smallest absolute Gasteiger partial charge is 0.339 e. The average Bonchev–Trinajstić information content (AvgIpc) is 2.98. The van der Waals surface area contributed by atoms with Crippen molar-refractivity contribution in [3.63, 3.8) is 0 Å². The summed E-state index contributed by atoms with van der Waals surface area (Å²) in [5, 5.41) is 1.18. The normalized spacial score (nSPS) is 10.9. The number of aromatic nitrogens is 1. The van der Waals surface area contributed by atoms with Crippen molar-refractivity contribution >= 4 is 27.4 Å². The molecule has 0 spiro atoms. The Morgan fingerprint density at radius 1 is 1.32 bits per heavy atom. The number of fused-ring (bicyclic) bond motifs is 1. The molecule has 2 aromatic heterocycles. The second-order valence-electron chi connectivity index (χ2n) is 5.05. The zero-order valence-corrected chi connectivity index (χ0v) is 13.2. The van der Waals surface area contributed by atoms with Crippen molar-refractivity contribution in [3.05, 3.63) is 52.5 Å². The molecule has 4 nitrogen and oxygen atoms in total. The van der Waals surface area contributed by atoms with Gasteiger partial charge in [0.2, 0.25) is 0 Å². The molecule has 2 heterocycles. The number of carbonyl (C=O) groups excluding carboxylic acids is 1. The highest BCUT2D eigenvalue weighted by Crippen LogP contribution is 2.32. The van der Waals surface area contributed by atoms with Gasteiger partial charge in [-0.3, -0.25) is 4.98 Å². The second-order valence-corrected chi connectivity index (χ2v) is 6.19. The van der Waals surface area contributed by atoms with Crippen LogP contribution in [0.1, 0.15) is 20.8 Å². The van der Waals surface area contributed by atoms with Crippen LogP contribution in [0.4, 0.5) is 0 Å². The zero-order valence-electron chi connectivity index (χ0n) is 12.4. The first-order valence-corrected chi connectivity index (χ1v) is 7.72. The van der Waals surface area contributed by atoms with Crippen molar-refractivity contribution in [1.29, 1.82) is 0 Å².